The zero-order valence-electron chi connectivity index (χ0n) is 9.18. The van der Waals surface area contributed by atoms with E-state index in [0.717, 1.165) is 12.3 Å². The van der Waals surface area contributed by atoms with Gasteiger partial charge in [0, 0.05) is 29.5 Å². The first kappa shape index (κ1) is 12.6. The zero-order valence-corrected chi connectivity index (χ0v) is 10.00. The summed E-state index contributed by atoms with van der Waals surface area (Å²) < 4.78 is 4.46. The molecule has 0 saturated carbocycles. The van der Waals surface area contributed by atoms with E-state index in [0.29, 0.717) is 0 Å². The van der Waals surface area contributed by atoms with Gasteiger partial charge in [0.2, 0.25) is 0 Å². The predicted octanol–water partition coefficient (Wildman–Crippen LogP) is 2.05. The number of benzene rings is 1. The van der Waals surface area contributed by atoms with Crippen molar-refractivity contribution in [2.75, 3.05) is 19.4 Å². The lowest BCUT2D eigenvalue weighted by Crippen LogP contribution is -2.10. The molecule has 1 aromatic rings. The lowest BCUT2D eigenvalue weighted by Gasteiger charge is -2.01. The highest BCUT2D eigenvalue weighted by molar-refractivity contribution is 7.99. The van der Waals surface area contributed by atoms with Crippen LogP contribution in [0.2, 0.25) is 0 Å². The maximum Gasteiger partial charge on any atom is 0.331 e. The number of esters is 1. The Morgan fingerprint density at radius 2 is 2.19 bits per heavy atom. The van der Waals surface area contributed by atoms with E-state index in [-0.39, 0.29) is 5.97 Å². The van der Waals surface area contributed by atoms with E-state index in [1.807, 2.05) is 18.2 Å². The first-order valence-corrected chi connectivity index (χ1v) is 5.97. The highest BCUT2D eigenvalue weighted by Gasteiger charge is 1.91. The summed E-state index contributed by atoms with van der Waals surface area (Å²) in [6.45, 7) is 0.813. The Hall–Kier alpha value is -1.42. The molecule has 0 radical (unpaired) electrons. The largest absolute Gasteiger partial charge is 0.466 e. The summed E-state index contributed by atoms with van der Waals surface area (Å²) >= 11 is 1.77. The van der Waals surface area contributed by atoms with Gasteiger partial charge in [-0.2, -0.15) is 0 Å². The Bertz CT molecular complexity index is 338. The number of hydrogen-bond acceptors (Lipinski definition) is 4. The van der Waals surface area contributed by atoms with Gasteiger partial charge in [-0.1, -0.05) is 18.2 Å². The van der Waals surface area contributed by atoms with Crippen LogP contribution in [0.3, 0.4) is 0 Å². The number of rotatable bonds is 6. The highest BCUT2D eigenvalue weighted by atomic mass is 32.2. The molecule has 0 amide bonds. The van der Waals surface area contributed by atoms with Crippen molar-refractivity contribution >= 4 is 17.7 Å². The third kappa shape index (κ3) is 5.46. The fourth-order valence-corrected chi connectivity index (χ4v) is 1.83. The van der Waals surface area contributed by atoms with Crippen LogP contribution in [0.5, 0.6) is 0 Å². The molecule has 0 unspecified atom stereocenters. The van der Waals surface area contributed by atoms with Crippen molar-refractivity contribution in [3.05, 3.63) is 42.6 Å². The number of methoxy groups -OCH3 is 1. The van der Waals surface area contributed by atoms with Gasteiger partial charge in [-0.15, -0.1) is 11.8 Å². The molecular formula is C12H15NO2S. The van der Waals surface area contributed by atoms with Crippen molar-refractivity contribution in [3.8, 4) is 0 Å². The molecule has 0 aromatic heterocycles. The first-order valence-electron chi connectivity index (χ1n) is 4.98. The topological polar surface area (TPSA) is 38.3 Å². The second-order valence-electron chi connectivity index (χ2n) is 2.97. The lowest BCUT2D eigenvalue weighted by atomic mass is 10.4. The Balaban J connectivity index is 2.09. The molecule has 86 valence electrons. The van der Waals surface area contributed by atoms with Crippen LogP contribution in [-0.2, 0) is 9.53 Å². The van der Waals surface area contributed by atoms with E-state index in [1.165, 1.54) is 18.1 Å². The van der Waals surface area contributed by atoms with E-state index in [9.17, 15) is 4.79 Å². The maximum atomic E-state index is 10.7. The van der Waals surface area contributed by atoms with Gasteiger partial charge in [-0.25, -0.2) is 4.79 Å². The van der Waals surface area contributed by atoms with Crippen molar-refractivity contribution in [1.82, 2.24) is 5.32 Å². The van der Waals surface area contributed by atoms with E-state index in [1.54, 1.807) is 18.0 Å². The minimum atomic E-state index is -0.344. The Kier molecular flexibility index (Phi) is 6.18. The molecule has 1 N–H and O–H groups in total. The molecule has 0 aliphatic rings. The maximum absolute atomic E-state index is 10.7. The number of hydrogen-bond donors (Lipinski definition) is 1. The number of carbonyl (C=O) groups excluding carboxylic acids is 1. The molecule has 1 aromatic carbocycles. The average molecular weight is 237 g/mol. The van der Waals surface area contributed by atoms with Crippen LogP contribution in [0, 0.1) is 0 Å². The van der Waals surface area contributed by atoms with Crippen LogP contribution in [0.15, 0.2) is 47.5 Å². The van der Waals surface area contributed by atoms with Gasteiger partial charge < -0.3 is 10.1 Å². The summed E-state index contributed by atoms with van der Waals surface area (Å²) in [5.41, 5.74) is 0. The fraction of sp³-hybridized carbons (Fsp3) is 0.250. The van der Waals surface area contributed by atoms with Crippen molar-refractivity contribution in [2.24, 2.45) is 0 Å². The van der Waals surface area contributed by atoms with Gasteiger partial charge in [0.1, 0.15) is 0 Å². The van der Waals surface area contributed by atoms with Crippen LogP contribution in [0.4, 0.5) is 0 Å². The van der Waals surface area contributed by atoms with Gasteiger partial charge in [0.25, 0.3) is 0 Å². The Morgan fingerprint density at radius 1 is 1.44 bits per heavy atom. The summed E-state index contributed by atoms with van der Waals surface area (Å²) in [5, 5.41) is 3.02. The molecule has 0 aliphatic carbocycles. The molecule has 0 bridgehead atoms. The Labute approximate surface area is 99.9 Å². The van der Waals surface area contributed by atoms with Gasteiger partial charge in [-0.05, 0) is 12.1 Å². The third-order valence-electron chi connectivity index (χ3n) is 1.80. The summed E-state index contributed by atoms with van der Waals surface area (Å²) in [6, 6.07) is 10.2. The van der Waals surface area contributed by atoms with Crippen LogP contribution in [0.25, 0.3) is 0 Å². The second-order valence-corrected chi connectivity index (χ2v) is 4.14. The molecule has 0 aliphatic heterocycles. The molecular weight excluding hydrogens is 222 g/mol. The molecule has 16 heavy (non-hydrogen) atoms. The van der Waals surface area contributed by atoms with Gasteiger partial charge in [0.05, 0.1) is 7.11 Å². The Morgan fingerprint density at radius 3 is 2.88 bits per heavy atom. The number of nitrogens with one attached hydrogen (secondary N) is 1. The molecule has 0 fully saturated rings. The highest BCUT2D eigenvalue weighted by Crippen LogP contribution is 2.15. The summed E-state index contributed by atoms with van der Waals surface area (Å²) in [4.78, 5) is 12.0. The van der Waals surface area contributed by atoms with Crippen LogP contribution in [-0.4, -0.2) is 25.4 Å². The number of thioether (sulfide) groups is 1. The summed E-state index contributed by atoms with van der Waals surface area (Å²) in [6.07, 6.45) is 2.98. The smallest absolute Gasteiger partial charge is 0.331 e. The normalized spacial score (nSPS) is 10.3. The average Bonchev–Trinajstić information content (AvgIpc) is 2.34. The number of carbonyl (C=O) groups is 1. The first-order chi connectivity index (χ1) is 7.83. The predicted molar refractivity (Wildman–Crippen MR) is 66.3 cm³/mol. The van der Waals surface area contributed by atoms with Crippen molar-refractivity contribution in [1.29, 1.82) is 0 Å². The third-order valence-corrected chi connectivity index (χ3v) is 2.81. The van der Waals surface area contributed by atoms with E-state index in [2.05, 4.69) is 22.2 Å². The fourth-order valence-electron chi connectivity index (χ4n) is 1.02. The van der Waals surface area contributed by atoms with Crippen LogP contribution >= 0.6 is 11.8 Å². The number of ether oxygens (including phenoxy) is 1. The molecule has 3 nitrogen and oxygen atoms in total. The van der Waals surface area contributed by atoms with Gasteiger partial charge in [0.15, 0.2) is 0 Å². The van der Waals surface area contributed by atoms with Crippen molar-refractivity contribution < 1.29 is 9.53 Å². The lowest BCUT2D eigenvalue weighted by molar-refractivity contribution is -0.134. The van der Waals surface area contributed by atoms with E-state index < -0.39 is 0 Å². The summed E-state index contributed by atoms with van der Waals surface area (Å²) in [7, 11) is 1.36. The van der Waals surface area contributed by atoms with Gasteiger partial charge >= 0.3 is 5.97 Å². The second kappa shape index (κ2) is 7.82. The molecule has 0 spiro atoms. The minimum absolute atomic E-state index is 0.344. The van der Waals surface area contributed by atoms with E-state index >= 15 is 0 Å². The standard InChI is InChI=1S/C12H15NO2S/c1-15-12(14)7-8-13-9-10-16-11-5-3-2-4-6-11/h2-8,13H,9-10H2,1H3/b8-7+. The molecule has 0 heterocycles. The molecule has 0 atom stereocenters. The minimum Gasteiger partial charge on any atom is -0.466 e. The quantitative estimate of drug-likeness (QED) is 0.356. The monoisotopic (exact) mass is 237 g/mol. The molecule has 1 rings (SSSR count). The van der Waals surface area contributed by atoms with Crippen molar-refractivity contribution in [3.63, 3.8) is 0 Å². The molecule has 0 saturated heterocycles. The van der Waals surface area contributed by atoms with Crippen molar-refractivity contribution in [2.45, 2.75) is 4.90 Å². The van der Waals surface area contributed by atoms with Gasteiger partial charge in [-0.3, -0.25) is 0 Å². The van der Waals surface area contributed by atoms with Crippen LogP contribution in [0.1, 0.15) is 0 Å². The zero-order chi connectivity index (χ0) is 11.6. The van der Waals surface area contributed by atoms with Crippen LogP contribution < -0.4 is 5.32 Å². The SMILES string of the molecule is COC(=O)/C=C/NCCSc1ccccc1. The van der Waals surface area contributed by atoms with E-state index in [4.69, 9.17) is 0 Å². The molecule has 4 heteroatoms. The summed E-state index contributed by atoms with van der Waals surface area (Å²) in [5.74, 6) is 0.610.